The lowest BCUT2D eigenvalue weighted by molar-refractivity contribution is 0.251. The molecule has 0 aromatic heterocycles. The van der Waals surface area contributed by atoms with Gasteiger partial charge in [0.15, 0.2) is 0 Å². The lowest BCUT2D eigenvalue weighted by Gasteiger charge is -2.25. The predicted octanol–water partition coefficient (Wildman–Crippen LogP) is 1.59. The van der Waals surface area contributed by atoms with Crippen molar-refractivity contribution in [3.63, 3.8) is 0 Å². The van der Waals surface area contributed by atoms with Crippen LogP contribution in [0.3, 0.4) is 0 Å². The van der Waals surface area contributed by atoms with E-state index in [1.165, 1.54) is 0 Å². The van der Waals surface area contributed by atoms with E-state index in [0.717, 1.165) is 25.2 Å². The first-order chi connectivity index (χ1) is 9.49. The Bertz CT molecular complexity index is 443. The topological polar surface area (TPSA) is 56.4 Å². The lowest BCUT2D eigenvalue weighted by atomic mass is 9.97. The van der Waals surface area contributed by atoms with Crippen LogP contribution in [0.15, 0.2) is 30.3 Å². The number of hydrogen-bond acceptors (Lipinski definition) is 3. The summed E-state index contributed by atoms with van der Waals surface area (Å²) < 4.78 is 0. The van der Waals surface area contributed by atoms with Crippen molar-refractivity contribution in [2.24, 2.45) is 11.7 Å². The van der Waals surface area contributed by atoms with Crippen molar-refractivity contribution in [3.8, 4) is 0 Å². The van der Waals surface area contributed by atoms with Gasteiger partial charge in [-0.2, -0.15) is 0 Å². The zero-order valence-electron chi connectivity index (χ0n) is 12.7. The number of amidine groups is 1. The van der Waals surface area contributed by atoms with E-state index in [1.807, 2.05) is 18.2 Å². The van der Waals surface area contributed by atoms with Gasteiger partial charge in [0.05, 0.1) is 11.8 Å². The molecule has 1 aliphatic heterocycles. The number of rotatable bonds is 5. The van der Waals surface area contributed by atoms with Gasteiger partial charge in [0.2, 0.25) is 0 Å². The highest BCUT2D eigenvalue weighted by Crippen LogP contribution is 2.24. The van der Waals surface area contributed by atoms with Crippen LogP contribution >= 0.6 is 0 Å². The highest BCUT2D eigenvalue weighted by molar-refractivity contribution is 5.84. The molecule has 0 spiro atoms. The van der Waals surface area contributed by atoms with E-state index in [0.29, 0.717) is 12.0 Å². The molecule has 1 aromatic rings. The molecule has 2 rings (SSSR count). The summed E-state index contributed by atoms with van der Waals surface area (Å²) in [5.41, 5.74) is 6.96. The molecule has 1 heterocycles. The van der Waals surface area contributed by atoms with Gasteiger partial charge in [0.25, 0.3) is 0 Å². The zero-order chi connectivity index (χ0) is 14.7. The van der Waals surface area contributed by atoms with Crippen LogP contribution in [0, 0.1) is 11.3 Å². The van der Waals surface area contributed by atoms with Crippen molar-refractivity contribution in [1.29, 1.82) is 5.41 Å². The molecule has 110 valence electrons. The molecule has 3 atom stereocenters. The molecular weight excluding hydrogens is 248 g/mol. The van der Waals surface area contributed by atoms with E-state index in [-0.39, 0.29) is 11.8 Å². The van der Waals surface area contributed by atoms with Crippen LogP contribution < -0.4 is 5.73 Å². The Morgan fingerprint density at radius 3 is 2.50 bits per heavy atom. The number of likely N-dealkylation sites (N-methyl/N-ethyl adjacent to an activating group) is 1. The maximum absolute atomic E-state index is 7.88. The molecule has 1 aromatic carbocycles. The van der Waals surface area contributed by atoms with Gasteiger partial charge >= 0.3 is 0 Å². The standard InChI is InChI=1S/C16H26N4/c1-12-9-20(11-15(12)19(2)3)10-14(16(17)18)13-7-5-4-6-8-13/h4-8,12,14-15H,9-11H2,1-3H3,(H3,17,18). The summed E-state index contributed by atoms with van der Waals surface area (Å²) in [5.74, 6) is 0.926. The van der Waals surface area contributed by atoms with Crippen molar-refractivity contribution in [3.05, 3.63) is 35.9 Å². The Kier molecular flexibility index (Phi) is 4.78. The Morgan fingerprint density at radius 2 is 2.00 bits per heavy atom. The molecule has 0 radical (unpaired) electrons. The number of nitrogens with zero attached hydrogens (tertiary/aromatic N) is 2. The quantitative estimate of drug-likeness (QED) is 0.633. The minimum Gasteiger partial charge on any atom is -0.387 e. The summed E-state index contributed by atoms with van der Waals surface area (Å²) in [6, 6.07) is 10.8. The van der Waals surface area contributed by atoms with E-state index in [1.54, 1.807) is 0 Å². The third-order valence-corrected chi connectivity index (χ3v) is 4.33. The third kappa shape index (κ3) is 3.38. The van der Waals surface area contributed by atoms with Gasteiger partial charge in [-0.25, -0.2) is 0 Å². The molecule has 3 unspecified atom stereocenters. The van der Waals surface area contributed by atoms with Crippen molar-refractivity contribution < 1.29 is 0 Å². The number of benzene rings is 1. The van der Waals surface area contributed by atoms with E-state index >= 15 is 0 Å². The first-order valence-electron chi connectivity index (χ1n) is 7.26. The fraction of sp³-hybridized carbons (Fsp3) is 0.562. The molecule has 1 aliphatic rings. The highest BCUT2D eigenvalue weighted by Gasteiger charge is 2.32. The smallest absolute Gasteiger partial charge is 0.0995 e. The maximum Gasteiger partial charge on any atom is 0.0995 e. The second-order valence-electron chi connectivity index (χ2n) is 6.15. The molecule has 4 nitrogen and oxygen atoms in total. The molecule has 20 heavy (non-hydrogen) atoms. The van der Waals surface area contributed by atoms with Crippen molar-refractivity contribution in [2.75, 3.05) is 33.7 Å². The number of likely N-dealkylation sites (tertiary alicyclic amines) is 1. The Hall–Kier alpha value is -1.39. The minimum atomic E-state index is 0.00399. The summed E-state index contributed by atoms with van der Waals surface area (Å²) in [5, 5.41) is 7.88. The van der Waals surface area contributed by atoms with E-state index in [4.69, 9.17) is 11.1 Å². The molecule has 4 heteroatoms. The molecule has 3 N–H and O–H groups in total. The molecule has 0 amide bonds. The summed E-state index contributed by atoms with van der Waals surface area (Å²) in [6.45, 7) is 5.29. The monoisotopic (exact) mass is 274 g/mol. The van der Waals surface area contributed by atoms with Gasteiger partial charge in [-0.3, -0.25) is 5.41 Å². The fourth-order valence-corrected chi connectivity index (χ4v) is 3.20. The molecule has 0 saturated carbocycles. The van der Waals surface area contributed by atoms with Crippen LogP contribution in [0.4, 0.5) is 0 Å². The van der Waals surface area contributed by atoms with Crippen LogP contribution in [-0.4, -0.2) is 55.4 Å². The van der Waals surface area contributed by atoms with Crippen LogP contribution in [-0.2, 0) is 0 Å². The second-order valence-corrected chi connectivity index (χ2v) is 6.15. The van der Waals surface area contributed by atoms with Gasteiger partial charge in [-0.15, -0.1) is 0 Å². The first kappa shape index (κ1) is 15.0. The number of nitrogens with two attached hydrogens (primary N) is 1. The summed E-state index contributed by atoms with van der Waals surface area (Å²) >= 11 is 0. The number of nitrogens with one attached hydrogen (secondary N) is 1. The SMILES string of the molecule is CC1CN(CC(C(=N)N)c2ccccc2)CC1N(C)C. The second kappa shape index (κ2) is 6.37. The average molecular weight is 274 g/mol. The first-order valence-corrected chi connectivity index (χ1v) is 7.26. The van der Waals surface area contributed by atoms with E-state index < -0.39 is 0 Å². The molecular formula is C16H26N4. The van der Waals surface area contributed by atoms with Gasteiger partial charge < -0.3 is 15.5 Å². The van der Waals surface area contributed by atoms with Crippen molar-refractivity contribution in [1.82, 2.24) is 9.80 Å². The summed E-state index contributed by atoms with van der Waals surface area (Å²) in [6.07, 6.45) is 0. The number of hydrogen-bond donors (Lipinski definition) is 2. The maximum atomic E-state index is 7.88. The fourth-order valence-electron chi connectivity index (χ4n) is 3.20. The van der Waals surface area contributed by atoms with Gasteiger partial charge in [0, 0.05) is 25.7 Å². The molecule has 1 fully saturated rings. The summed E-state index contributed by atoms with van der Waals surface area (Å²) in [4.78, 5) is 4.74. The Labute approximate surface area is 122 Å². The van der Waals surface area contributed by atoms with Crippen LogP contribution in [0.25, 0.3) is 0 Å². The summed E-state index contributed by atoms with van der Waals surface area (Å²) in [7, 11) is 4.29. The normalized spacial score (nSPS) is 25.0. The highest BCUT2D eigenvalue weighted by atomic mass is 15.2. The van der Waals surface area contributed by atoms with Crippen LogP contribution in [0.1, 0.15) is 18.4 Å². The minimum absolute atomic E-state index is 0.00399. The lowest BCUT2D eigenvalue weighted by Crippen LogP contribution is -2.36. The Morgan fingerprint density at radius 1 is 1.35 bits per heavy atom. The third-order valence-electron chi connectivity index (χ3n) is 4.33. The van der Waals surface area contributed by atoms with Crippen LogP contribution in [0.5, 0.6) is 0 Å². The zero-order valence-corrected chi connectivity index (χ0v) is 12.7. The molecule has 1 saturated heterocycles. The molecule has 0 bridgehead atoms. The largest absolute Gasteiger partial charge is 0.387 e. The van der Waals surface area contributed by atoms with Crippen molar-refractivity contribution in [2.45, 2.75) is 18.9 Å². The van der Waals surface area contributed by atoms with Crippen LogP contribution in [0.2, 0.25) is 0 Å². The molecule has 0 aliphatic carbocycles. The predicted molar refractivity (Wildman–Crippen MR) is 84.2 cm³/mol. The average Bonchev–Trinajstić information content (AvgIpc) is 2.78. The van der Waals surface area contributed by atoms with Gasteiger partial charge in [-0.1, -0.05) is 37.3 Å². The van der Waals surface area contributed by atoms with E-state index in [9.17, 15) is 0 Å². The van der Waals surface area contributed by atoms with E-state index in [2.05, 4.69) is 43.0 Å². The van der Waals surface area contributed by atoms with Crippen molar-refractivity contribution >= 4 is 5.84 Å². The van der Waals surface area contributed by atoms with Gasteiger partial charge in [-0.05, 0) is 25.6 Å². The Balaban J connectivity index is 2.06. The van der Waals surface area contributed by atoms with Gasteiger partial charge in [0.1, 0.15) is 0 Å².